The number of rotatable bonds is 4. The summed E-state index contributed by atoms with van der Waals surface area (Å²) in [4.78, 5) is 63.2. The van der Waals surface area contributed by atoms with Crippen molar-refractivity contribution in [1.82, 2.24) is 4.90 Å². The Hall–Kier alpha value is -4.03. The van der Waals surface area contributed by atoms with Gasteiger partial charge in [0.15, 0.2) is 11.4 Å². The number of ketones is 3. The maximum absolute atomic E-state index is 13.7. The molecular formula is C24H25N3O9. The molecule has 36 heavy (non-hydrogen) atoms. The van der Waals surface area contributed by atoms with Gasteiger partial charge in [0.25, 0.3) is 11.8 Å². The van der Waals surface area contributed by atoms with Gasteiger partial charge in [0.2, 0.25) is 11.6 Å². The molecule has 1 aromatic rings. The van der Waals surface area contributed by atoms with E-state index in [0.29, 0.717) is 5.56 Å². The van der Waals surface area contributed by atoms with Gasteiger partial charge < -0.3 is 31.5 Å². The smallest absolute Gasteiger partial charge is 0.291 e. The number of nitrogens with two attached hydrogens (primary N) is 1. The van der Waals surface area contributed by atoms with Crippen LogP contribution in [0.15, 0.2) is 29.0 Å². The quantitative estimate of drug-likeness (QED) is 0.178. The highest BCUT2D eigenvalue weighted by Gasteiger charge is 2.64. The number of nitrogens with one attached hydrogen (secondary N) is 1. The summed E-state index contributed by atoms with van der Waals surface area (Å²) in [5, 5.41) is 46.4. The van der Waals surface area contributed by atoms with E-state index in [1.165, 1.54) is 31.1 Å². The van der Waals surface area contributed by atoms with Crippen LogP contribution in [0.1, 0.15) is 24.5 Å². The van der Waals surface area contributed by atoms with Crippen LogP contribution in [0.2, 0.25) is 0 Å². The zero-order valence-corrected chi connectivity index (χ0v) is 19.7. The number of hydrogen-bond acceptors (Lipinski definition) is 10. The molecule has 0 bridgehead atoms. The summed E-state index contributed by atoms with van der Waals surface area (Å²) in [5.41, 5.74) is 1.38. The first kappa shape index (κ1) is 25.1. The Morgan fingerprint density at radius 2 is 1.78 bits per heavy atom. The molecule has 12 nitrogen and oxygen atoms in total. The van der Waals surface area contributed by atoms with Crippen molar-refractivity contribution in [3.8, 4) is 5.75 Å². The Morgan fingerprint density at radius 3 is 2.33 bits per heavy atom. The first-order valence-electron chi connectivity index (χ1n) is 11.0. The maximum Gasteiger partial charge on any atom is 0.291 e. The van der Waals surface area contributed by atoms with Crippen LogP contribution in [0, 0.1) is 11.8 Å². The molecule has 4 rings (SSSR count). The van der Waals surface area contributed by atoms with Crippen LogP contribution in [0.3, 0.4) is 0 Å². The molecule has 0 radical (unpaired) electrons. The number of amides is 2. The van der Waals surface area contributed by atoms with Crippen LogP contribution < -0.4 is 11.1 Å². The van der Waals surface area contributed by atoms with Crippen molar-refractivity contribution in [3.63, 3.8) is 0 Å². The van der Waals surface area contributed by atoms with Gasteiger partial charge in [-0.25, -0.2) is 0 Å². The number of hydrogen-bond donors (Lipinski definition) is 6. The van der Waals surface area contributed by atoms with Crippen LogP contribution in [-0.2, 0) is 30.4 Å². The first-order chi connectivity index (χ1) is 16.7. The van der Waals surface area contributed by atoms with Gasteiger partial charge in [-0.15, -0.1) is 0 Å². The normalized spacial score (nSPS) is 27.4. The molecule has 3 aliphatic rings. The fourth-order valence-electron chi connectivity index (χ4n) is 5.53. The minimum Gasteiger partial charge on any atom is -0.508 e. The van der Waals surface area contributed by atoms with Crippen LogP contribution in [0.4, 0.5) is 5.69 Å². The number of likely N-dealkylation sites (N-methyl/N-ethyl adjacent to an activating group) is 1. The Kier molecular flexibility index (Phi) is 5.77. The highest BCUT2D eigenvalue weighted by Crippen LogP contribution is 2.53. The van der Waals surface area contributed by atoms with E-state index in [1.54, 1.807) is 0 Å². The van der Waals surface area contributed by atoms with E-state index in [2.05, 4.69) is 5.32 Å². The molecule has 4 unspecified atom stereocenters. The molecule has 0 aliphatic heterocycles. The molecule has 1 saturated carbocycles. The van der Waals surface area contributed by atoms with Crippen molar-refractivity contribution >= 4 is 40.6 Å². The first-order valence-corrected chi connectivity index (χ1v) is 11.0. The van der Waals surface area contributed by atoms with Crippen molar-refractivity contribution < 1.29 is 44.4 Å². The van der Waals surface area contributed by atoms with Crippen LogP contribution >= 0.6 is 0 Å². The summed E-state index contributed by atoms with van der Waals surface area (Å²) in [7, 11) is 3.03. The molecule has 12 heteroatoms. The number of nitrogens with zero attached hydrogens (tertiary/aromatic N) is 1. The van der Waals surface area contributed by atoms with Crippen molar-refractivity contribution in [2.45, 2.75) is 31.4 Å². The van der Waals surface area contributed by atoms with Crippen molar-refractivity contribution in [2.75, 3.05) is 19.4 Å². The number of primary amides is 1. The highest BCUT2D eigenvalue weighted by molar-refractivity contribution is 6.39. The van der Waals surface area contributed by atoms with Crippen molar-refractivity contribution in [1.29, 1.82) is 0 Å². The lowest BCUT2D eigenvalue weighted by Gasteiger charge is -2.50. The van der Waals surface area contributed by atoms with E-state index >= 15 is 0 Å². The van der Waals surface area contributed by atoms with E-state index in [9.17, 15) is 44.4 Å². The Labute approximate surface area is 204 Å². The lowest BCUT2D eigenvalue weighted by atomic mass is 9.57. The third-order valence-corrected chi connectivity index (χ3v) is 7.16. The molecule has 7 N–H and O–H groups in total. The molecule has 0 spiro atoms. The van der Waals surface area contributed by atoms with Crippen molar-refractivity contribution in [3.05, 3.63) is 40.2 Å². The van der Waals surface area contributed by atoms with Gasteiger partial charge >= 0.3 is 0 Å². The average Bonchev–Trinajstić information content (AvgIpc) is 2.77. The maximum atomic E-state index is 13.7. The number of benzene rings is 1. The lowest BCUT2D eigenvalue weighted by Crippen LogP contribution is -2.65. The predicted molar refractivity (Wildman–Crippen MR) is 124 cm³/mol. The van der Waals surface area contributed by atoms with Crippen LogP contribution in [0.5, 0.6) is 5.75 Å². The van der Waals surface area contributed by atoms with Crippen molar-refractivity contribution in [2.24, 2.45) is 17.6 Å². The average molecular weight is 499 g/mol. The second-order valence-corrected chi connectivity index (χ2v) is 9.47. The molecule has 2 amide bonds. The number of aromatic hydroxyl groups is 1. The minimum atomic E-state index is -2.74. The number of carbonyl (C=O) groups is 5. The molecule has 0 heterocycles. The van der Waals surface area contributed by atoms with Gasteiger partial charge in [-0.1, -0.05) is 6.07 Å². The van der Waals surface area contributed by atoms with Gasteiger partial charge in [0.05, 0.1) is 17.3 Å². The van der Waals surface area contributed by atoms with Gasteiger partial charge in [-0.05, 0) is 44.5 Å². The number of aliphatic hydroxyl groups is 3. The zero-order valence-electron chi connectivity index (χ0n) is 19.7. The summed E-state index contributed by atoms with van der Waals surface area (Å²) < 4.78 is 0. The third kappa shape index (κ3) is 3.33. The lowest BCUT2D eigenvalue weighted by molar-refractivity contribution is -0.153. The summed E-state index contributed by atoms with van der Waals surface area (Å²) in [6, 6.07) is 1.68. The van der Waals surface area contributed by atoms with E-state index in [0.717, 1.165) is 6.92 Å². The largest absolute Gasteiger partial charge is 0.508 e. The monoisotopic (exact) mass is 499 g/mol. The standard InChI is InChI=1S/C24H25N3O9/c1-8(28)23(35)26-12-5-4-9-6-10-7-11-16(27(2)3)19(31)15(22(25)34)21(33)24(11,36)20(32)14(10)18(30)13(9)17(12)29/h4-5,10-11,16,29-30,33,36H,6-7H2,1-3H3,(H2,25,34)(H,26,35). The molecular weight excluding hydrogens is 474 g/mol. The van der Waals surface area contributed by atoms with E-state index in [1.807, 2.05) is 0 Å². The minimum absolute atomic E-state index is 0.0324. The molecule has 190 valence electrons. The summed E-state index contributed by atoms with van der Waals surface area (Å²) in [6.45, 7) is 1.03. The molecule has 0 aromatic heterocycles. The van der Waals surface area contributed by atoms with Gasteiger partial charge in [-0.2, -0.15) is 0 Å². The van der Waals surface area contributed by atoms with E-state index < -0.39 is 75.5 Å². The van der Waals surface area contributed by atoms with Gasteiger partial charge in [0, 0.05) is 18.4 Å². The van der Waals surface area contributed by atoms with Crippen LogP contribution in [-0.4, -0.2) is 80.2 Å². The Bertz CT molecular complexity index is 1330. The fraction of sp³-hybridized carbons (Fsp3) is 0.375. The molecule has 0 saturated heterocycles. The highest BCUT2D eigenvalue weighted by atomic mass is 16.3. The third-order valence-electron chi connectivity index (χ3n) is 7.16. The summed E-state index contributed by atoms with van der Waals surface area (Å²) in [5.74, 6) is -9.45. The number of phenols is 1. The number of phenolic OH excluding ortho intramolecular Hbond substituents is 1. The number of aliphatic hydroxyl groups excluding tert-OH is 2. The van der Waals surface area contributed by atoms with Gasteiger partial charge in [0.1, 0.15) is 22.8 Å². The molecule has 4 atom stereocenters. The molecule has 3 aliphatic carbocycles. The second-order valence-electron chi connectivity index (χ2n) is 9.47. The molecule has 1 aromatic carbocycles. The van der Waals surface area contributed by atoms with Gasteiger partial charge in [-0.3, -0.25) is 28.9 Å². The number of Topliss-reactive ketones (excluding diaryl/α,β-unsaturated/α-hetero) is 3. The zero-order chi connectivity index (χ0) is 26.9. The number of fused-ring (bicyclic) bond motifs is 3. The summed E-state index contributed by atoms with van der Waals surface area (Å²) >= 11 is 0. The summed E-state index contributed by atoms with van der Waals surface area (Å²) in [6.07, 6.45) is 0.0817. The Balaban J connectivity index is 1.91. The number of carbonyl (C=O) groups excluding carboxylic acids is 5. The van der Waals surface area contributed by atoms with E-state index in [-0.39, 0.29) is 29.7 Å². The van der Waals surface area contributed by atoms with Crippen LogP contribution in [0.25, 0.3) is 5.76 Å². The predicted octanol–water partition coefficient (Wildman–Crippen LogP) is -0.508. The second kappa shape index (κ2) is 8.28. The Morgan fingerprint density at radius 1 is 1.14 bits per heavy atom. The topological polar surface area (TPSA) is 208 Å². The molecule has 1 fully saturated rings. The SMILES string of the molecule is CC(=O)C(=O)Nc1ccc2c(c1O)C(O)=C1C(=O)C3(O)C(O)=C(C(N)=O)C(=O)C(N(C)C)C3CC1C2. The van der Waals surface area contributed by atoms with E-state index in [4.69, 9.17) is 5.73 Å². The fourth-order valence-corrected chi connectivity index (χ4v) is 5.53. The number of anilines is 1.